The summed E-state index contributed by atoms with van der Waals surface area (Å²) in [5.41, 5.74) is 1.47. The van der Waals surface area contributed by atoms with Gasteiger partial charge in [0.05, 0.1) is 18.0 Å². The summed E-state index contributed by atoms with van der Waals surface area (Å²) >= 11 is 7.44. The van der Waals surface area contributed by atoms with Crippen LogP contribution in [0.2, 0.25) is 5.02 Å². The molecule has 0 bridgehead atoms. The Balaban J connectivity index is 2.11. The maximum Gasteiger partial charge on any atom is 0.237 e. The van der Waals surface area contributed by atoms with E-state index in [2.05, 4.69) is 15.5 Å². The number of thioether (sulfide) groups is 1. The summed E-state index contributed by atoms with van der Waals surface area (Å²) in [5, 5.41) is 11.8. The molecule has 1 aromatic carbocycles. The third-order valence-electron chi connectivity index (χ3n) is 3.31. The minimum Gasteiger partial charge on any atom is -0.495 e. The molecule has 0 spiro atoms. The molecule has 0 saturated heterocycles. The lowest BCUT2D eigenvalue weighted by atomic mass is 10.2. The van der Waals surface area contributed by atoms with Crippen molar-refractivity contribution >= 4 is 35.0 Å². The van der Waals surface area contributed by atoms with Crippen molar-refractivity contribution in [2.75, 3.05) is 12.4 Å². The molecule has 0 unspecified atom stereocenters. The summed E-state index contributed by atoms with van der Waals surface area (Å²) in [4.78, 5) is 12.4. The van der Waals surface area contributed by atoms with E-state index in [0.717, 1.165) is 17.3 Å². The normalized spacial score (nSPS) is 12.0. The molecule has 0 aliphatic rings. The van der Waals surface area contributed by atoms with Gasteiger partial charge in [0.15, 0.2) is 5.16 Å². The minimum absolute atomic E-state index is 0.138. The van der Waals surface area contributed by atoms with Gasteiger partial charge < -0.3 is 14.6 Å². The van der Waals surface area contributed by atoms with E-state index in [9.17, 15) is 4.79 Å². The van der Waals surface area contributed by atoms with E-state index in [0.29, 0.717) is 16.5 Å². The summed E-state index contributed by atoms with van der Waals surface area (Å²) in [6, 6.07) is 3.49. The van der Waals surface area contributed by atoms with Gasteiger partial charge in [0.1, 0.15) is 12.1 Å². The van der Waals surface area contributed by atoms with Gasteiger partial charge in [-0.2, -0.15) is 0 Å². The minimum atomic E-state index is -0.329. The molecule has 6 nitrogen and oxygen atoms in total. The van der Waals surface area contributed by atoms with E-state index >= 15 is 0 Å². The Morgan fingerprint density at radius 2 is 2.26 bits per heavy atom. The lowest BCUT2D eigenvalue weighted by Gasteiger charge is -2.15. The first-order chi connectivity index (χ1) is 11.0. The molecule has 8 heteroatoms. The third-order valence-corrected chi connectivity index (χ3v) is 4.81. The lowest BCUT2D eigenvalue weighted by molar-refractivity contribution is -0.115. The van der Waals surface area contributed by atoms with E-state index in [1.807, 2.05) is 25.3 Å². The molecule has 2 aromatic rings. The first-order valence-corrected chi connectivity index (χ1v) is 8.41. The first-order valence-electron chi connectivity index (χ1n) is 7.15. The summed E-state index contributed by atoms with van der Waals surface area (Å²) < 4.78 is 7.16. The predicted octanol–water partition coefficient (Wildman–Crippen LogP) is 3.39. The number of aromatic nitrogens is 3. The Kier molecular flexibility index (Phi) is 5.90. The number of hydrogen-bond acceptors (Lipinski definition) is 5. The third kappa shape index (κ3) is 4.17. The van der Waals surface area contributed by atoms with Crippen molar-refractivity contribution in [1.82, 2.24) is 14.8 Å². The van der Waals surface area contributed by atoms with Crippen molar-refractivity contribution in [3.8, 4) is 5.75 Å². The molecular weight excluding hydrogens is 336 g/mol. The fourth-order valence-electron chi connectivity index (χ4n) is 1.93. The van der Waals surface area contributed by atoms with Gasteiger partial charge in [0, 0.05) is 17.6 Å². The van der Waals surface area contributed by atoms with Gasteiger partial charge in [0.25, 0.3) is 0 Å². The zero-order valence-electron chi connectivity index (χ0n) is 13.5. The fraction of sp³-hybridized carbons (Fsp3) is 0.400. The monoisotopic (exact) mass is 354 g/mol. The topological polar surface area (TPSA) is 69.0 Å². The van der Waals surface area contributed by atoms with Crippen molar-refractivity contribution in [1.29, 1.82) is 0 Å². The second kappa shape index (κ2) is 7.70. The quantitative estimate of drug-likeness (QED) is 0.805. The van der Waals surface area contributed by atoms with Gasteiger partial charge in [-0.1, -0.05) is 23.4 Å². The van der Waals surface area contributed by atoms with Crippen molar-refractivity contribution in [2.45, 2.75) is 37.7 Å². The first kappa shape index (κ1) is 17.6. The van der Waals surface area contributed by atoms with E-state index in [1.54, 1.807) is 25.6 Å². The fourth-order valence-corrected chi connectivity index (χ4v) is 2.97. The van der Waals surface area contributed by atoms with E-state index in [4.69, 9.17) is 16.3 Å². The lowest BCUT2D eigenvalue weighted by Crippen LogP contribution is -2.23. The molecule has 1 N–H and O–H groups in total. The smallest absolute Gasteiger partial charge is 0.237 e. The van der Waals surface area contributed by atoms with Crippen LogP contribution in [-0.4, -0.2) is 33.0 Å². The average Bonchev–Trinajstić information content (AvgIpc) is 2.97. The molecular formula is C15H19ClN4O2S. The van der Waals surface area contributed by atoms with Gasteiger partial charge >= 0.3 is 0 Å². The van der Waals surface area contributed by atoms with Crippen LogP contribution < -0.4 is 10.1 Å². The number of methoxy groups -OCH3 is 1. The maximum absolute atomic E-state index is 12.4. The Morgan fingerprint density at radius 3 is 2.91 bits per heavy atom. The number of ether oxygens (including phenoxy) is 1. The molecule has 1 aromatic heterocycles. The highest BCUT2D eigenvalue weighted by Crippen LogP contribution is 2.32. The van der Waals surface area contributed by atoms with E-state index in [-0.39, 0.29) is 11.2 Å². The van der Waals surface area contributed by atoms with Crippen molar-refractivity contribution < 1.29 is 9.53 Å². The highest BCUT2D eigenvalue weighted by molar-refractivity contribution is 8.00. The number of benzene rings is 1. The number of anilines is 1. The summed E-state index contributed by atoms with van der Waals surface area (Å²) in [7, 11) is 1.54. The van der Waals surface area contributed by atoms with Gasteiger partial charge in [-0.3, -0.25) is 4.79 Å². The number of nitrogens with one attached hydrogen (secondary N) is 1. The largest absolute Gasteiger partial charge is 0.495 e. The summed E-state index contributed by atoms with van der Waals surface area (Å²) in [5.74, 6) is 0.392. The molecule has 23 heavy (non-hydrogen) atoms. The molecule has 1 atom stereocenters. The maximum atomic E-state index is 12.4. The van der Waals surface area contributed by atoms with E-state index < -0.39 is 0 Å². The molecule has 124 valence electrons. The van der Waals surface area contributed by atoms with Gasteiger partial charge in [-0.25, -0.2) is 0 Å². The number of amides is 1. The predicted molar refractivity (Wildman–Crippen MR) is 92.4 cm³/mol. The van der Waals surface area contributed by atoms with Crippen LogP contribution in [0.5, 0.6) is 5.75 Å². The van der Waals surface area contributed by atoms with Gasteiger partial charge in [-0.05, 0) is 32.4 Å². The van der Waals surface area contributed by atoms with Crippen LogP contribution in [0.25, 0.3) is 0 Å². The van der Waals surface area contributed by atoms with Gasteiger partial charge in [0.2, 0.25) is 5.91 Å². The van der Waals surface area contributed by atoms with Crippen LogP contribution in [0.15, 0.2) is 23.6 Å². The summed E-state index contributed by atoms with van der Waals surface area (Å²) in [6.45, 7) is 6.46. The molecule has 2 rings (SSSR count). The van der Waals surface area contributed by atoms with Crippen molar-refractivity contribution in [3.63, 3.8) is 0 Å². The number of hydrogen-bond donors (Lipinski definition) is 1. The highest BCUT2D eigenvalue weighted by Gasteiger charge is 2.19. The van der Waals surface area contributed by atoms with Crippen molar-refractivity contribution in [2.24, 2.45) is 0 Å². The standard InChI is InChI=1S/C15H19ClN4O2S/c1-5-20-8-17-19-15(20)23-10(3)14(21)18-12-6-9(2)11(16)7-13(12)22-4/h6-8,10H,5H2,1-4H3,(H,18,21)/t10-/m1/s1. The Labute approximate surface area is 144 Å². The SMILES string of the molecule is CCn1cnnc1S[C@H](C)C(=O)Nc1cc(C)c(Cl)cc1OC. The molecule has 0 saturated carbocycles. The van der Waals surface area contributed by atoms with E-state index in [1.165, 1.54) is 11.8 Å². The van der Waals surface area contributed by atoms with Crippen LogP contribution in [0.1, 0.15) is 19.4 Å². The number of aryl methyl sites for hydroxylation is 2. The second-order valence-electron chi connectivity index (χ2n) is 4.95. The summed E-state index contributed by atoms with van der Waals surface area (Å²) in [6.07, 6.45) is 1.65. The number of nitrogens with zero attached hydrogens (tertiary/aromatic N) is 3. The highest BCUT2D eigenvalue weighted by atomic mass is 35.5. The number of halogens is 1. The number of carbonyl (C=O) groups excluding carboxylic acids is 1. The van der Waals surface area contributed by atoms with Crippen LogP contribution in [-0.2, 0) is 11.3 Å². The Hall–Kier alpha value is -1.73. The molecule has 0 radical (unpaired) electrons. The number of rotatable bonds is 6. The molecule has 0 aliphatic carbocycles. The molecule has 1 amide bonds. The molecule has 0 fully saturated rings. The van der Waals surface area contributed by atoms with Crippen LogP contribution >= 0.6 is 23.4 Å². The zero-order valence-corrected chi connectivity index (χ0v) is 15.0. The second-order valence-corrected chi connectivity index (χ2v) is 6.67. The number of carbonyl (C=O) groups is 1. The van der Waals surface area contributed by atoms with Crippen molar-refractivity contribution in [3.05, 3.63) is 29.0 Å². The van der Waals surface area contributed by atoms with Gasteiger partial charge in [-0.15, -0.1) is 10.2 Å². The Bertz CT molecular complexity index is 705. The van der Waals surface area contributed by atoms with Crippen LogP contribution in [0.4, 0.5) is 5.69 Å². The molecule has 0 aliphatic heterocycles. The molecule has 1 heterocycles. The Morgan fingerprint density at radius 1 is 1.52 bits per heavy atom. The zero-order chi connectivity index (χ0) is 17.0. The van der Waals surface area contributed by atoms with Crippen LogP contribution in [0.3, 0.4) is 0 Å². The van der Waals surface area contributed by atoms with Crippen LogP contribution in [0, 0.1) is 6.92 Å². The average molecular weight is 355 g/mol.